The molecule has 0 saturated heterocycles. The third-order valence-corrected chi connectivity index (χ3v) is 5.39. The molecule has 6 heteroatoms. The van der Waals surface area contributed by atoms with Crippen LogP contribution in [0.1, 0.15) is 5.56 Å². The van der Waals surface area contributed by atoms with E-state index in [4.69, 9.17) is 5.14 Å². The van der Waals surface area contributed by atoms with Crippen LogP contribution in [0, 0.1) is 0 Å². The monoisotopic (exact) mass is 285 g/mol. The summed E-state index contributed by atoms with van der Waals surface area (Å²) in [5, 5.41) is 6.62. The number of rotatable bonds is 4. The topological polar surface area (TPSA) is 60.2 Å². The third-order valence-electron chi connectivity index (χ3n) is 2.10. The molecule has 0 radical (unpaired) electrons. The van der Waals surface area contributed by atoms with Crippen LogP contribution >= 0.6 is 23.1 Å². The minimum absolute atomic E-state index is 0.193. The number of hydrogen-bond acceptors (Lipinski definition) is 4. The molecule has 0 aliphatic heterocycles. The van der Waals surface area contributed by atoms with Gasteiger partial charge in [0.15, 0.2) is 0 Å². The molecule has 0 bridgehead atoms. The van der Waals surface area contributed by atoms with E-state index in [2.05, 4.69) is 0 Å². The summed E-state index contributed by atoms with van der Waals surface area (Å²) in [6.07, 6.45) is 0. The van der Waals surface area contributed by atoms with E-state index < -0.39 is 10.0 Å². The zero-order valence-corrected chi connectivity index (χ0v) is 11.3. The molecule has 90 valence electrons. The van der Waals surface area contributed by atoms with Crippen molar-refractivity contribution in [2.45, 2.75) is 14.9 Å². The number of thioether (sulfide) groups is 1. The summed E-state index contributed by atoms with van der Waals surface area (Å²) >= 11 is 3.01. The highest BCUT2D eigenvalue weighted by atomic mass is 32.2. The summed E-state index contributed by atoms with van der Waals surface area (Å²) in [6.45, 7) is 0. The van der Waals surface area contributed by atoms with Gasteiger partial charge in [-0.1, -0.05) is 30.3 Å². The molecule has 1 aromatic heterocycles. The standard InChI is InChI=1S/C11H11NO2S3/c12-17(13,14)10-6-11(16-8-10)15-7-9-4-2-1-3-5-9/h1-6,8H,7H2,(H2,12,13,14). The van der Waals surface area contributed by atoms with Gasteiger partial charge in [-0.25, -0.2) is 13.6 Å². The first-order valence-corrected chi connectivity index (χ1v) is 8.25. The fourth-order valence-electron chi connectivity index (χ4n) is 1.25. The lowest BCUT2D eigenvalue weighted by molar-refractivity contribution is 0.598. The molecule has 0 fully saturated rings. The van der Waals surface area contributed by atoms with Crippen LogP contribution in [0.5, 0.6) is 0 Å². The predicted octanol–water partition coefficient (Wildman–Crippen LogP) is 2.69. The molecule has 0 aliphatic carbocycles. The lowest BCUT2D eigenvalue weighted by atomic mass is 10.2. The van der Waals surface area contributed by atoms with Crippen LogP contribution in [0.25, 0.3) is 0 Å². The number of nitrogens with two attached hydrogens (primary N) is 1. The molecule has 0 amide bonds. The van der Waals surface area contributed by atoms with E-state index >= 15 is 0 Å². The van der Waals surface area contributed by atoms with Crippen molar-refractivity contribution in [3.05, 3.63) is 47.3 Å². The van der Waals surface area contributed by atoms with E-state index in [0.29, 0.717) is 0 Å². The Hall–Kier alpha value is -0.820. The van der Waals surface area contributed by atoms with Gasteiger partial charge in [-0.2, -0.15) is 0 Å². The molecule has 1 heterocycles. The second kappa shape index (κ2) is 5.22. The molecule has 2 rings (SSSR count). The molecule has 3 nitrogen and oxygen atoms in total. The lowest BCUT2D eigenvalue weighted by Gasteiger charge is -1.98. The van der Waals surface area contributed by atoms with Gasteiger partial charge in [0, 0.05) is 11.1 Å². The van der Waals surface area contributed by atoms with Gasteiger partial charge in [-0.15, -0.1) is 23.1 Å². The van der Waals surface area contributed by atoms with E-state index in [1.165, 1.54) is 16.9 Å². The zero-order chi connectivity index (χ0) is 12.3. The summed E-state index contributed by atoms with van der Waals surface area (Å²) < 4.78 is 23.1. The van der Waals surface area contributed by atoms with Crippen LogP contribution in [0.2, 0.25) is 0 Å². The van der Waals surface area contributed by atoms with E-state index in [1.807, 2.05) is 30.3 Å². The average molecular weight is 285 g/mol. The van der Waals surface area contributed by atoms with Crippen LogP contribution < -0.4 is 5.14 Å². The molecular weight excluding hydrogens is 274 g/mol. The summed E-state index contributed by atoms with van der Waals surface area (Å²) in [7, 11) is -3.57. The van der Waals surface area contributed by atoms with E-state index in [1.54, 1.807) is 23.2 Å². The Balaban J connectivity index is 2.04. The Bertz CT molecular complexity index is 590. The van der Waals surface area contributed by atoms with Gasteiger partial charge in [0.05, 0.1) is 9.10 Å². The smallest absolute Gasteiger partial charge is 0.225 e. The number of primary sulfonamides is 1. The van der Waals surface area contributed by atoms with Crippen molar-refractivity contribution < 1.29 is 8.42 Å². The quantitative estimate of drug-likeness (QED) is 0.879. The molecule has 1 aromatic carbocycles. The predicted molar refractivity (Wildman–Crippen MR) is 71.7 cm³/mol. The van der Waals surface area contributed by atoms with Crippen LogP contribution in [-0.4, -0.2) is 8.42 Å². The zero-order valence-electron chi connectivity index (χ0n) is 8.87. The maximum absolute atomic E-state index is 11.1. The van der Waals surface area contributed by atoms with Gasteiger partial charge in [0.1, 0.15) is 0 Å². The Kier molecular flexibility index (Phi) is 3.88. The van der Waals surface area contributed by atoms with Gasteiger partial charge < -0.3 is 0 Å². The SMILES string of the molecule is NS(=O)(=O)c1csc(SCc2ccccc2)c1. The van der Waals surface area contributed by atoms with Crippen LogP contribution in [0.4, 0.5) is 0 Å². The van der Waals surface area contributed by atoms with Gasteiger partial charge >= 0.3 is 0 Å². The molecule has 2 aromatic rings. The molecule has 0 saturated carbocycles. The Morgan fingerprint density at radius 3 is 2.53 bits per heavy atom. The van der Waals surface area contributed by atoms with Crippen molar-refractivity contribution in [2.75, 3.05) is 0 Å². The van der Waals surface area contributed by atoms with Gasteiger partial charge in [0.2, 0.25) is 10.0 Å². The Morgan fingerprint density at radius 1 is 1.24 bits per heavy atom. The van der Waals surface area contributed by atoms with Gasteiger partial charge in [-0.3, -0.25) is 0 Å². The molecule has 17 heavy (non-hydrogen) atoms. The minimum atomic E-state index is -3.57. The van der Waals surface area contributed by atoms with E-state index in [-0.39, 0.29) is 4.90 Å². The maximum atomic E-state index is 11.1. The van der Waals surface area contributed by atoms with Crippen LogP contribution in [0.15, 0.2) is 50.9 Å². The van der Waals surface area contributed by atoms with E-state index in [9.17, 15) is 8.42 Å². The number of sulfonamides is 1. The van der Waals surface area contributed by atoms with E-state index in [0.717, 1.165) is 9.96 Å². The van der Waals surface area contributed by atoms with Crippen LogP contribution in [-0.2, 0) is 15.8 Å². The highest BCUT2D eigenvalue weighted by Crippen LogP contribution is 2.30. The largest absolute Gasteiger partial charge is 0.238 e. The first-order chi connectivity index (χ1) is 8.05. The molecule has 0 atom stereocenters. The molecule has 0 aliphatic rings. The third kappa shape index (κ3) is 3.57. The summed E-state index contributed by atoms with van der Waals surface area (Å²) in [4.78, 5) is 0.193. The molecule has 2 N–H and O–H groups in total. The van der Waals surface area contributed by atoms with Crippen LogP contribution in [0.3, 0.4) is 0 Å². The second-order valence-electron chi connectivity index (χ2n) is 3.42. The highest BCUT2D eigenvalue weighted by Gasteiger charge is 2.10. The first-order valence-electron chi connectivity index (χ1n) is 4.84. The van der Waals surface area contributed by atoms with Crippen molar-refractivity contribution in [1.29, 1.82) is 0 Å². The molecule has 0 unspecified atom stereocenters. The molecule has 0 spiro atoms. The van der Waals surface area contributed by atoms with Gasteiger partial charge in [-0.05, 0) is 11.6 Å². The van der Waals surface area contributed by atoms with Crippen molar-refractivity contribution in [2.24, 2.45) is 5.14 Å². The summed E-state index contributed by atoms with van der Waals surface area (Å²) in [5.41, 5.74) is 1.21. The second-order valence-corrected chi connectivity index (χ2v) is 7.17. The number of thiophene rings is 1. The summed E-state index contributed by atoms with van der Waals surface area (Å²) in [6, 6.07) is 11.6. The Morgan fingerprint density at radius 2 is 1.94 bits per heavy atom. The molecular formula is C11H11NO2S3. The van der Waals surface area contributed by atoms with Crippen molar-refractivity contribution in [3.63, 3.8) is 0 Å². The fourth-order valence-corrected chi connectivity index (χ4v) is 4.17. The minimum Gasteiger partial charge on any atom is -0.225 e. The Labute approximate surface area is 109 Å². The highest BCUT2D eigenvalue weighted by molar-refractivity contribution is 8.00. The lowest BCUT2D eigenvalue weighted by Crippen LogP contribution is -2.10. The normalized spacial score (nSPS) is 11.6. The number of hydrogen-bond donors (Lipinski definition) is 1. The maximum Gasteiger partial charge on any atom is 0.238 e. The van der Waals surface area contributed by atoms with Gasteiger partial charge in [0.25, 0.3) is 0 Å². The first kappa shape index (κ1) is 12.6. The van der Waals surface area contributed by atoms with Crippen molar-refractivity contribution in [1.82, 2.24) is 0 Å². The van der Waals surface area contributed by atoms with Crippen molar-refractivity contribution >= 4 is 33.1 Å². The number of benzene rings is 1. The van der Waals surface area contributed by atoms with Crippen molar-refractivity contribution in [3.8, 4) is 0 Å². The summed E-state index contributed by atoms with van der Waals surface area (Å²) in [5.74, 6) is 0.825. The average Bonchev–Trinajstić information content (AvgIpc) is 2.76. The fraction of sp³-hybridized carbons (Fsp3) is 0.0909.